The van der Waals surface area contributed by atoms with Crippen molar-refractivity contribution in [2.24, 2.45) is 5.73 Å². The van der Waals surface area contributed by atoms with Gasteiger partial charge in [-0.05, 0) is 26.9 Å². The second kappa shape index (κ2) is 6.50. The molecule has 0 aliphatic carbocycles. The molecule has 1 aromatic rings. The Kier molecular flexibility index (Phi) is 4.94. The van der Waals surface area contributed by atoms with Crippen molar-refractivity contribution in [3.05, 3.63) is 17.7 Å². The van der Waals surface area contributed by atoms with Crippen LogP contribution in [0, 0.1) is 0 Å². The minimum atomic E-state index is 0.342. The fraction of sp³-hybridized carbons (Fsp3) is 0.733. The number of hydrogen-bond acceptors (Lipinski definition) is 5. The smallest absolute Gasteiger partial charge is 0.131 e. The van der Waals surface area contributed by atoms with Crippen molar-refractivity contribution in [2.75, 3.05) is 32.1 Å². The normalized spacial score (nSPS) is 17.2. The Labute approximate surface area is 122 Å². The summed E-state index contributed by atoms with van der Waals surface area (Å²) in [7, 11) is 4.32. The lowest BCUT2D eigenvalue weighted by molar-refractivity contribution is 0.249. The molecule has 2 rings (SSSR count). The van der Waals surface area contributed by atoms with Crippen LogP contribution in [0.4, 0.5) is 5.69 Å². The SMILES string of the molecule is CC(C)c1ncc(N2CCC(N(C)C)CC2)c(CN)n1. The van der Waals surface area contributed by atoms with E-state index >= 15 is 0 Å². The number of hydrogen-bond donors (Lipinski definition) is 1. The van der Waals surface area contributed by atoms with Crippen molar-refractivity contribution in [2.45, 2.75) is 45.2 Å². The van der Waals surface area contributed by atoms with Gasteiger partial charge in [0.2, 0.25) is 0 Å². The zero-order valence-corrected chi connectivity index (χ0v) is 13.1. The van der Waals surface area contributed by atoms with Gasteiger partial charge in [0, 0.05) is 31.6 Å². The Morgan fingerprint density at radius 2 is 2.00 bits per heavy atom. The van der Waals surface area contributed by atoms with E-state index in [9.17, 15) is 0 Å². The predicted molar refractivity (Wildman–Crippen MR) is 82.9 cm³/mol. The number of nitrogens with two attached hydrogens (primary N) is 1. The second-order valence-electron chi connectivity index (χ2n) is 6.10. The Bertz CT molecular complexity index is 436. The third-order valence-corrected chi connectivity index (χ3v) is 4.11. The van der Waals surface area contributed by atoms with Crippen molar-refractivity contribution < 1.29 is 0 Å². The van der Waals surface area contributed by atoms with Gasteiger partial charge in [-0.15, -0.1) is 0 Å². The molecule has 2 heterocycles. The largest absolute Gasteiger partial charge is 0.369 e. The molecule has 0 radical (unpaired) electrons. The van der Waals surface area contributed by atoms with Crippen LogP contribution in [0.15, 0.2) is 6.20 Å². The van der Waals surface area contributed by atoms with E-state index in [2.05, 4.69) is 47.7 Å². The molecule has 112 valence electrons. The standard InChI is InChI=1S/C15H27N5/c1-11(2)15-17-10-14(13(9-16)18-15)20-7-5-12(6-8-20)19(3)4/h10-12H,5-9,16H2,1-4H3. The maximum Gasteiger partial charge on any atom is 0.131 e. The summed E-state index contributed by atoms with van der Waals surface area (Å²) in [5.41, 5.74) is 7.97. The van der Waals surface area contributed by atoms with Crippen LogP contribution in [0.5, 0.6) is 0 Å². The van der Waals surface area contributed by atoms with Gasteiger partial charge in [-0.1, -0.05) is 13.8 Å². The number of anilines is 1. The first kappa shape index (κ1) is 15.2. The van der Waals surface area contributed by atoms with Gasteiger partial charge in [-0.25, -0.2) is 9.97 Å². The van der Waals surface area contributed by atoms with Crippen LogP contribution in [0.25, 0.3) is 0 Å². The first-order valence-corrected chi connectivity index (χ1v) is 7.50. The molecule has 1 aliphatic rings. The summed E-state index contributed by atoms with van der Waals surface area (Å²) in [5, 5.41) is 0. The predicted octanol–water partition coefficient (Wildman–Crippen LogP) is 1.59. The zero-order valence-electron chi connectivity index (χ0n) is 13.1. The van der Waals surface area contributed by atoms with E-state index in [1.165, 1.54) is 12.8 Å². The molecule has 1 aliphatic heterocycles. The highest BCUT2D eigenvalue weighted by atomic mass is 15.2. The van der Waals surface area contributed by atoms with E-state index < -0.39 is 0 Å². The number of piperidine rings is 1. The quantitative estimate of drug-likeness (QED) is 0.905. The fourth-order valence-corrected chi connectivity index (χ4v) is 2.74. The van der Waals surface area contributed by atoms with Crippen LogP contribution in [0.3, 0.4) is 0 Å². The van der Waals surface area contributed by atoms with Crippen LogP contribution in [0.1, 0.15) is 44.1 Å². The van der Waals surface area contributed by atoms with Crippen LogP contribution in [-0.2, 0) is 6.54 Å². The van der Waals surface area contributed by atoms with Crippen molar-refractivity contribution in [1.29, 1.82) is 0 Å². The summed E-state index contributed by atoms with van der Waals surface area (Å²) in [6.07, 6.45) is 4.33. The third-order valence-electron chi connectivity index (χ3n) is 4.11. The maximum atomic E-state index is 5.88. The Hall–Kier alpha value is -1.20. The number of aromatic nitrogens is 2. The van der Waals surface area contributed by atoms with Gasteiger partial charge >= 0.3 is 0 Å². The average molecular weight is 277 g/mol. The number of nitrogens with zero attached hydrogens (tertiary/aromatic N) is 4. The summed E-state index contributed by atoms with van der Waals surface area (Å²) in [5.74, 6) is 1.23. The summed E-state index contributed by atoms with van der Waals surface area (Å²) < 4.78 is 0. The van der Waals surface area contributed by atoms with Crippen molar-refractivity contribution in [3.8, 4) is 0 Å². The van der Waals surface area contributed by atoms with Crippen LogP contribution < -0.4 is 10.6 Å². The molecule has 1 fully saturated rings. The van der Waals surface area contributed by atoms with Gasteiger partial charge < -0.3 is 15.5 Å². The van der Waals surface area contributed by atoms with E-state index in [-0.39, 0.29) is 0 Å². The highest BCUT2D eigenvalue weighted by Crippen LogP contribution is 2.24. The van der Waals surface area contributed by atoms with E-state index in [1.807, 2.05) is 6.20 Å². The van der Waals surface area contributed by atoms with Gasteiger partial charge in [-0.3, -0.25) is 0 Å². The second-order valence-corrected chi connectivity index (χ2v) is 6.10. The summed E-state index contributed by atoms with van der Waals surface area (Å²) in [4.78, 5) is 13.8. The van der Waals surface area contributed by atoms with Crippen molar-refractivity contribution >= 4 is 5.69 Å². The molecule has 0 amide bonds. The number of rotatable bonds is 4. The first-order valence-electron chi connectivity index (χ1n) is 7.50. The molecule has 0 atom stereocenters. The fourth-order valence-electron chi connectivity index (χ4n) is 2.74. The lowest BCUT2D eigenvalue weighted by Gasteiger charge is -2.36. The molecule has 5 heteroatoms. The Morgan fingerprint density at radius 3 is 2.50 bits per heavy atom. The van der Waals surface area contributed by atoms with E-state index in [1.54, 1.807) is 0 Å². The summed E-state index contributed by atoms with van der Waals surface area (Å²) >= 11 is 0. The minimum absolute atomic E-state index is 0.342. The Morgan fingerprint density at radius 1 is 1.35 bits per heavy atom. The third kappa shape index (κ3) is 3.27. The molecule has 20 heavy (non-hydrogen) atoms. The van der Waals surface area contributed by atoms with Crippen LogP contribution in [0.2, 0.25) is 0 Å². The van der Waals surface area contributed by atoms with Gasteiger partial charge in [0.15, 0.2) is 0 Å². The highest BCUT2D eigenvalue weighted by Gasteiger charge is 2.23. The lowest BCUT2D eigenvalue weighted by Crippen LogP contribution is -2.42. The van der Waals surface area contributed by atoms with Crippen LogP contribution in [-0.4, -0.2) is 48.1 Å². The molecular formula is C15H27N5. The first-order chi connectivity index (χ1) is 9.52. The van der Waals surface area contributed by atoms with Crippen LogP contribution >= 0.6 is 0 Å². The van der Waals surface area contributed by atoms with Gasteiger partial charge in [0.25, 0.3) is 0 Å². The maximum absolute atomic E-state index is 5.88. The van der Waals surface area contributed by atoms with Crippen molar-refractivity contribution in [3.63, 3.8) is 0 Å². The molecule has 0 unspecified atom stereocenters. The van der Waals surface area contributed by atoms with E-state index in [0.717, 1.165) is 30.3 Å². The van der Waals surface area contributed by atoms with E-state index in [0.29, 0.717) is 18.5 Å². The van der Waals surface area contributed by atoms with Gasteiger partial charge in [0.1, 0.15) is 5.82 Å². The molecule has 0 saturated carbocycles. The van der Waals surface area contributed by atoms with Gasteiger partial charge in [-0.2, -0.15) is 0 Å². The molecular weight excluding hydrogens is 250 g/mol. The zero-order chi connectivity index (χ0) is 14.7. The topological polar surface area (TPSA) is 58.3 Å². The lowest BCUT2D eigenvalue weighted by atomic mass is 10.0. The average Bonchev–Trinajstić information content (AvgIpc) is 2.46. The molecule has 2 N–H and O–H groups in total. The molecule has 1 saturated heterocycles. The van der Waals surface area contributed by atoms with E-state index in [4.69, 9.17) is 5.73 Å². The highest BCUT2D eigenvalue weighted by molar-refractivity contribution is 5.49. The summed E-state index contributed by atoms with van der Waals surface area (Å²) in [6.45, 7) is 6.81. The molecule has 1 aromatic heterocycles. The van der Waals surface area contributed by atoms with Crippen molar-refractivity contribution in [1.82, 2.24) is 14.9 Å². The minimum Gasteiger partial charge on any atom is -0.369 e. The monoisotopic (exact) mass is 277 g/mol. The summed E-state index contributed by atoms with van der Waals surface area (Å²) in [6, 6.07) is 0.684. The molecule has 0 aromatic carbocycles. The van der Waals surface area contributed by atoms with Gasteiger partial charge in [0.05, 0.1) is 17.6 Å². The molecule has 5 nitrogen and oxygen atoms in total. The molecule has 0 spiro atoms. The molecule has 0 bridgehead atoms. The Balaban J connectivity index is 2.13.